The molecule has 2 N–H and O–H groups in total. The normalized spacial score (nSPS) is 14.2. The molecule has 0 aromatic carbocycles. The van der Waals surface area contributed by atoms with E-state index in [2.05, 4.69) is 10.1 Å². The van der Waals surface area contributed by atoms with Crippen LogP contribution >= 0.6 is 7.82 Å². The van der Waals surface area contributed by atoms with Crippen molar-refractivity contribution < 1.29 is 37.6 Å². The zero-order valence-electron chi connectivity index (χ0n) is 14.5. The summed E-state index contributed by atoms with van der Waals surface area (Å²) in [6, 6.07) is -1.13. The van der Waals surface area contributed by atoms with Gasteiger partial charge in [0.25, 0.3) is 0 Å². The van der Waals surface area contributed by atoms with Gasteiger partial charge in [0.2, 0.25) is 6.79 Å². The highest BCUT2D eigenvalue weighted by Crippen LogP contribution is 2.55. The zero-order chi connectivity index (χ0) is 18.5. The molecule has 0 aliphatic carbocycles. The van der Waals surface area contributed by atoms with E-state index in [1.807, 2.05) is 0 Å². The number of ether oxygens (including phenoxy) is 1. The molecule has 1 atom stereocenters. The number of carboxylic acids is 1. The van der Waals surface area contributed by atoms with Gasteiger partial charge in [-0.1, -0.05) is 0 Å². The Kier molecular flexibility index (Phi) is 7.69. The van der Waals surface area contributed by atoms with Gasteiger partial charge in [0, 0.05) is 0 Å². The molecular formula is C13H26NO8P. The third kappa shape index (κ3) is 11.1. The van der Waals surface area contributed by atoms with Crippen molar-refractivity contribution in [1.29, 1.82) is 0 Å². The average molecular weight is 355 g/mol. The molecule has 0 saturated heterocycles. The number of phosphoric acid groups is 1. The lowest BCUT2D eigenvalue weighted by atomic mass is 10.2. The van der Waals surface area contributed by atoms with Crippen molar-refractivity contribution >= 4 is 19.9 Å². The van der Waals surface area contributed by atoms with Crippen LogP contribution in [0.4, 0.5) is 4.79 Å². The number of alkyl carbamates (subject to hydrolysis) is 1. The predicted molar refractivity (Wildman–Crippen MR) is 81.9 cm³/mol. The maximum atomic E-state index is 12.6. The third-order valence-electron chi connectivity index (χ3n) is 1.88. The van der Waals surface area contributed by atoms with Crippen molar-refractivity contribution in [3.63, 3.8) is 0 Å². The molecular weight excluding hydrogens is 329 g/mol. The lowest BCUT2D eigenvalue weighted by Crippen LogP contribution is -2.38. The van der Waals surface area contributed by atoms with Gasteiger partial charge in [-0.2, -0.15) is 0 Å². The molecule has 0 saturated carbocycles. The Labute approximate surface area is 136 Å². The van der Waals surface area contributed by atoms with Crippen molar-refractivity contribution in [2.24, 2.45) is 0 Å². The number of carbonyl (C=O) groups excluding carboxylic acids is 1. The van der Waals surface area contributed by atoms with Gasteiger partial charge in [0.1, 0.15) is 6.04 Å². The van der Waals surface area contributed by atoms with Gasteiger partial charge in [-0.15, -0.1) is 0 Å². The molecule has 0 aliphatic rings. The molecule has 0 spiro atoms. The van der Waals surface area contributed by atoms with Crippen molar-refractivity contribution in [2.75, 3.05) is 6.79 Å². The number of rotatable bonds is 7. The molecule has 23 heavy (non-hydrogen) atoms. The Morgan fingerprint density at radius 2 is 1.52 bits per heavy atom. The highest BCUT2D eigenvalue weighted by atomic mass is 31.2. The maximum absolute atomic E-state index is 12.6. The number of aliphatic carboxylic acids is 1. The van der Waals surface area contributed by atoms with E-state index in [1.54, 1.807) is 41.5 Å². The number of phosphoric ester groups is 1. The highest BCUT2D eigenvalue weighted by Gasteiger charge is 2.37. The summed E-state index contributed by atoms with van der Waals surface area (Å²) in [6.07, 6.45) is -1.03. The second kappa shape index (κ2) is 8.10. The molecule has 1 amide bonds. The molecule has 0 radical (unpaired) electrons. The first-order valence-corrected chi connectivity index (χ1v) is 8.42. The lowest BCUT2D eigenvalue weighted by molar-refractivity contribution is -0.139. The summed E-state index contributed by atoms with van der Waals surface area (Å²) in [7, 11) is -3.99. The standard InChI is InChI=1S/C13H26NO8P/c1-9(10(15)16)14-11(17)19-8-20-23(18,21-12(2,3)4)22-13(5,6)7/h9H,8H2,1-7H3,(H,14,17)(H,15,16). The Bertz CT molecular complexity index is 446. The molecule has 0 fully saturated rings. The largest absolute Gasteiger partial charge is 0.480 e. The lowest BCUT2D eigenvalue weighted by Gasteiger charge is -2.30. The third-order valence-corrected chi connectivity index (χ3v) is 3.84. The van der Waals surface area contributed by atoms with Crippen LogP contribution in [0.25, 0.3) is 0 Å². The monoisotopic (exact) mass is 355 g/mol. The van der Waals surface area contributed by atoms with Crippen LogP contribution in [0.5, 0.6) is 0 Å². The molecule has 0 rings (SSSR count). The van der Waals surface area contributed by atoms with Gasteiger partial charge < -0.3 is 15.2 Å². The molecule has 0 aliphatic heterocycles. The molecule has 1 unspecified atom stereocenters. The predicted octanol–water partition coefficient (Wildman–Crippen LogP) is 2.90. The summed E-state index contributed by atoms with van der Waals surface area (Å²) in [5.41, 5.74) is -1.64. The minimum Gasteiger partial charge on any atom is -0.480 e. The summed E-state index contributed by atoms with van der Waals surface area (Å²) in [4.78, 5) is 22.0. The number of hydrogen-bond donors (Lipinski definition) is 2. The van der Waals surface area contributed by atoms with Crippen LogP contribution < -0.4 is 5.32 Å². The van der Waals surface area contributed by atoms with Gasteiger partial charge in [-0.05, 0) is 48.5 Å². The fraction of sp³-hybridized carbons (Fsp3) is 0.846. The first-order chi connectivity index (χ1) is 10.1. The van der Waals surface area contributed by atoms with E-state index in [9.17, 15) is 14.2 Å². The summed E-state index contributed by atoms with van der Waals surface area (Å²) >= 11 is 0. The first kappa shape index (κ1) is 21.9. The van der Waals surface area contributed by atoms with Crippen LogP contribution in [0.1, 0.15) is 48.5 Å². The summed E-state index contributed by atoms with van der Waals surface area (Å²) < 4.78 is 32.8. The second-order valence-electron chi connectivity index (χ2n) is 6.74. The van der Waals surface area contributed by atoms with Crippen LogP contribution in [0.15, 0.2) is 0 Å². The molecule has 0 bridgehead atoms. The number of carbonyl (C=O) groups is 2. The van der Waals surface area contributed by atoms with Gasteiger partial charge in [-0.25, -0.2) is 13.9 Å². The molecule has 0 heterocycles. The van der Waals surface area contributed by atoms with Crippen molar-refractivity contribution in [3.05, 3.63) is 0 Å². The van der Waals surface area contributed by atoms with E-state index in [0.717, 1.165) is 0 Å². The maximum Gasteiger partial charge on any atom is 0.478 e. The zero-order valence-corrected chi connectivity index (χ0v) is 15.4. The Morgan fingerprint density at radius 3 is 1.87 bits per heavy atom. The number of amides is 1. The molecule has 136 valence electrons. The van der Waals surface area contributed by atoms with Crippen LogP contribution in [-0.4, -0.2) is 41.2 Å². The van der Waals surface area contributed by atoms with Gasteiger partial charge in [-0.3, -0.25) is 13.8 Å². The molecule has 10 heteroatoms. The average Bonchev–Trinajstić information content (AvgIpc) is 2.22. The summed E-state index contributed by atoms with van der Waals surface area (Å²) in [5, 5.41) is 10.7. The minimum absolute atomic E-state index is 0.721. The van der Waals surface area contributed by atoms with E-state index < -0.39 is 43.9 Å². The Balaban J connectivity index is 4.66. The minimum atomic E-state index is -3.99. The van der Waals surface area contributed by atoms with Gasteiger partial charge in [0.15, 0.2) is 0 Å². The van der Waals surface area contributed by atoms with E-state index >= 15 is 0 Å². The molecule has 0 aromatic heterocycles. The van der Waals surface area contributed by atoms with Crippen molar-refractivity contribution in [2.45, 2.75) is 65.7 Å². The van der Waals surface area contributed by atoms with Crippen LogP contribution in [0.2, 0.25) is 0 Å². The number of hydrogen-bond acceptors (Lipinski definition) is 7. The van der Waals surface area contributed by atoms with E-state index in [4.69, 9.17) is 18.7 Å². The quantitative estimate of drug-likeness (QED) is 0.528. The second-order valence-corrected chi connectivity index (χ2v) is 8.26. The Hall–Kier alpha value is -1.15. The Morgan fingerprint density at radius 1 is 1.09 bits per heavy atom. The highest BCUT2D eigenvalue weighted by molar-refractivity contribution is 7.48. The fourth-order valence-corrected chi connectivity index (χ4v) is 2.83. The van der Waals surface area contributed by atoms with Crippen LogP contribution in [-0.2, 0) is 27.7 Å². The summed E-state index contributed by atoms with van der Waals surface area (Å²) in [6.45, 7) is 10.5. The molecule has 9 nitrogen and oxygen atoms in total. The number of nitrogens with one attached hydrogen (secondary N) is 1. The SMILES string of the molecule is CC(NC(=O)OCOP(=O)(OC(C)(C)C)OC(C)(C)C)C(=O)O. The van der Waals surface area contributed by atoms with Crippen molar-refractivity contribution in [1.82, 2.24) is 5.32 Å². The molecule has 0 aromatic rings. The van der Waals surface area contributed by atoms with Crippen LogP contribution in [0.3, 0.4) is 0 Å². The fourth-order valence-electron chi connectivity index (χ4n) is 1.17. The van der Waals surface area contributed by atoms with Crippen LogP contribution in [0, 0.1) is 0 Å². The topological polar surface area (TPSA) is 120 Å². The summed E-state index contributed by atoms with van der Waals surface area (Å²) in [5.74, 6) is -1.22. The van der Waals surface area contributed by atoms with E-state index in [0.29, 0.717) is 0 Å². The number of carboxylic acid groups (broad SMARTS) is 1. The van der Waals surface area contributed by atoms with Crippen molar-refractivity contribution in [3.8, 4) is 0 Å². The van der Waals surface area contributed by atoms with Gasteiger partial charge in [0.05, 0.1) is 11.2 Å². The van der Waals surface area contributed by atoms with Gasteiger partial charge >= 0.3 is 19.9 Å². The van der Waals surface area contributed by atoms with E-state index in [1.165, 1.54) is 6.92 Å². The van der Waals surface area contributed by atoms with E-state index in [-0.39, 0.29) is 0 Å². The smallest absolute Gasteiger partial charge is 0.478 e. The first-order valence-electron chi connectivity index (χ1n) is 6.96.